The van der Waals surface area contributed by atoms with Crippen LogP contribution in [-0.2, 0) is 0 Å². The van der Waals surface area contributed by atoms with E-state index in [2.05, 4.69) is 17.1 Å². The van der Waals surface area contributed by atoms with Crippen LogP contribution in [0.4, 0.5) is 0 Å². The van der Waals surface area contributed by atoms with Crippen LogP contribution in [-0.4, -0.2) is 36.6 Å². The predicted octanol–water partition coefficient (Wildman–Crippen LogP) is 2.00. The number of likely N-dealkylation sites (tertiary alicyclic amines) is 1. The molecule has 0 aromatic heterocycles. The molecular formula is C12H24N2. The van der Waals surface area contributed by atoms with Gasteiger partial charge in [0, 0.05) is 12.1 Å². The Balaban J connectivity index is 1.61. The lowest BCUT2D eigenvalue weighted by Gasteiger charge is -2.27. The van der Waals surface area contributed by atoms with Gasteiger partial charge in [-0.15, -0.1) is 0 Å². The van der Waals surface area contributed by atoms with E-state index in [4.69, 9.17) is 0 Å². The Hall–Kier alpha value is -0.0800. The minimum atomic E-state index is 0.765. The van der Waals surface area contributed by atoms with Crippen molar-refractivity contribution in [2.24, 2.45) is 0 Å². The minimum absolute atomic E-state index is 0.765. The summed E-state index contributed by atoms with van der Waals surface area (Å²) in [4.78, 5) is 2.65. The highest BCUT2D eigenvalue weighted by Crippen LogP contribution is 2.16. The van der Waals surface area contributed by atoms with Crippen molar-refractivity contribution in [1.82, 2.24) is 10.2 Å². The number of hydrogen-bond donors (Lipinski definition) is 1. The maximum atomic E-state index is 3.67. The number of nitrogens with one attached hydrogen (secondary N) is 1. The number of hydrogen-bond acceptors (Lipinski definition) is 2. The fourth-order valence-corrected chi connectivity index (χ4v) is 2.77. The first kappa shape index (κ1) is 10.4. The fraction of sp³-hybridized carbons (Fsp3) is 1.00. The van der Waals surface area contributed by atoms with Crippen molar-refractivity contribution in [3.63, 3.8) is 0 Å². The Labute approximate surface area is 88.1 Å². The van der Waals surface area contributed by atoms with E-state index in [1.165, 1.54) is 58.2 Å². The minimum Gasteiger partial charge on any atom is -0.311 e. The van der Waals surface area contributed by atoms with Gasteiger partial charge in [0.2, 0.25) is 0 Å². The molecule has 2 heterocycles. The highest BCUT2D eigenvalue weighted by Gasteiger charge is 2.20. The van der Waals surface area contributed by atoms with Crippen LogP contribution in [0.3, 0.4) is 0 Å². The van der Waals surface area contributed by atoms with Gasteiger partial charge in [0.25, 0.3) is 0 Å². The average molecular weight is 196 g/mol. The molecule has 0 saturated carbocycles. The molecule has 2 nitrogen and oxygen atoms in total. The first-order valence-corrected chi connectivity index (χ1v) is 6.33. The van der Waals surface area contributed by atoms with Crippen molar-refractivity contribution in [3.8, 4) is 0 Å². The summed E-state index contributed by atoms with van der Waals surface area (Å²) in [6.45, 7) is 6.33. The Morgan fingerprint density at radius 1 is 1.14 bits per heavy atom. The molecule has 2 fully saturated rings. The first-order chi connectivity index (χ1) is 6.84. The molecule has 2 aliphatic rings. The molecule has 0 aromatic carbocycles. The summed E-state index contributed by atoms with van der Waals surface area (Å²) in [6.07, 6.45) is 8.45. The Morgan fingerprint density at radius 3 is 2.57 bits per heavy atom. The standard InChI is InChI=1S/C12H24N2/c1-11-5-6-12(13-11)7-10-14-8-3-2-4-9-14/h11-13H,2-10H2,1H3. The van der Waals surface area contributed by atoms with Gasteiger partial charge in [-0.2, -0.15) is 0 Å². The summed E-state index contributed by atoms with van der Waals surface area (Å²) in [7, 11) is 0. The van der Waals surface area contributed by atoms with Crippen LogP contribution >= 0.6 is 0 Å². The lowest BCUT2D eigenvalue weighted by molar-refractivity contribution is 0.218. The van der Waals surface area contributed by atoms with Crippen LogP contribution in [0, 0.1) is 0 Å². The zero-order valence-corrected chi connectivity index (χ0v) is 9.47. The second-order valence-electron chi connectivity index (χ2n) is 5.03. The predicted molar refractivity (Wildman–Crippen MR) is 60.5 cm³/mol. The molecule has 2 heteroatoms. The Morgan fingerprint density at radius 2 is 1.93 bits per heavy atom. The van der Waals surface area contributed by atoms with Crippen molar-refractivity contribution in [3.05, 3.63) is 0 Å². The van der Waals surface area contributed by atoms with Crippen molar-refractivity contribution < 1.29 is 0 Å². The van der Waals surface area contributed by atoms with Crippen LogP contribution in [0.2, 0.25) is 0 Å². The highest BCUT2D eigenvalue weighted by molar-refractivity contribution is 4.81. The second kappa shape index (κ2) is 5.13. The van der Waals surface area contributed by atoms with Crippen molar-refractivity contribution in [2.45, 2.75) is 57.5 Å². The van der Waals surface area contributed by atoms with Crippen molar-refractivity contribution in [1.29, 1.82) is 0 Å². The third kappa shape index (κ3) is 2.96. The molecular weight excluding hydrogens is 172 g/mol. The fourth-order valence-electron chi connectivity index (χ4n) is 2.77. The van der Waals surface area contributed by atoms with Gasteiger partial charge in [0.15, 0.2) is 0 Å². The molecule has 1 N–H and O–H groups in total. The van der Waals surface area contributed by atoms with E-state index in [1.54, 1.807) is 0 Å². The molecule has 2 saturated heterocycles. The van der Waals surface area contributed by atoms with Crippen LogP contribution in [0.25, 0.3) is 0 Å². The van der Waals surface area contributed by atoms with Gasteiger partial charge in [0.1, 0.15) is 0 Å². The lowest BCUT2D eigenvalue weighted by Crippen LogP contribution is -2.35. The van der Waals surface area contributed by atoms with Gasteiger partial charge in [-0.3, -0.25) is 0 Å². The van der Waals surface area contributed by atoms with E-state index in [0.29, 0.717) is 0 Å². The quantitative estimate of drug-likeness (QED) is 0.743. The molecule has 0 radical (unpaired) electrons. The zero-order valence-electron chi connectivity index (χ0n) is 9.47. The number of nitrogens with zero attached hydrogens (tertiary/aromatic N) is 1. The summed E-state index contributed by atoms with van der Waals surface area (Å²) in [5, 5.41) is 3.67. The van der Waals surface area contributed by atoms with Crippen molar-refractivity contribution >= 4 is 0 Å². The van der Waals surface area contributed by atoms with E-state index in [1.807, 2.05) is 0 Å². The molecule has 2 unspecified atom stereocenters. The van der Waals surface area contributed by atoms with Gasteiger partial charge < -0.3 is 10.2 Å². The lowest BCUT2D eigenvalue weighted by atomic mass is 10.1. The summed E-state index contributed by atoms with van der Waals surface area (Å²) in [5.41, 5.74) is 0. The maximum Gasteiger partial charge on any atom is 0.00822 e. The van der Waals surface area contributed by atoms with E-state index in [0.717, 1.165) is 12.1 Å². The molecule has 2 aliphatic heterocycles. The summed E-state index contributed by atoms with van der Waals surface area (Å²) in [5.74, 6) is 0. The Kier molecular flexibility index (Phi) is 3.82. The molecule has 2 rings (SSSR count). The molecule has 82 valence electrons. The van der Waals surface area contributed by atoms with Crippen LogP contribution in [0.5, 0.6) is 0 Å². The van der Waals surface area contributed by atoms with Crippen LogP contribution in [0.15, 0.2) is 0 Å². The van der Waals surface area contributed by atoms with Crippen LogP contribution < -0.4 is 5.32 Å². The molecule has 0 amide bonds. The number of rotatable bonds is 3. The smallest absolute Gasteiger partial charge is 0.00822 e. The van der Waals surface area contributed by atoms with Gasteiger partial charge in [-0.1, -0.05) is 6.42 Å². The Bertz CT molecular complexity index is 159. The van der Waals surface area contributed by atoms with Gasteiger partial charge in [-0.05, 0) is 58.7 Å². The van der Waals surface area contributed by atoms with E-state index in [-0.39, 0.29) is 0 Å². The SMILES string of the molecule is CC1CCC(CCN2CCCCC2)N1. The molecule has 0 aliphatic carbocycles. The number of piperidine rings is 1. The monoisotopic (exact) mass is 196 g/mol. The third-order valence-corrected chi connectivity index (χ3v) is 3.71. The highest BCUT2D eigenvalue weighted by atomic mass is 15.1. The topological polar surface area (TPSA) is 15.3 Å². The normalized spacial score (nSPS) is 34.9. The summed E-state index contributed by atoms with van der Waals surface area (Å²) >= 11 is 0. The van der Waals surface area contributed by atoms with E-state index >= 15 is 0 Å². The average Bonchev–Trinajstić information content (AvgIpc) is 2.63. The molecule has 14 heavy (non-hydrogen) atoms. The summed E-state index contributed by atoms with van der Waals surface area (Å²) in [6, 6.07) is 1.58. The molecule has 0 spiro atoms. The van der Waals surface area contributed by atoms with Crippen LogP contribution in [0.1, 0.15) is 45.4 Å². The van der Waals surface area contributed by atoms with E-state index < -0.39 is 0 Å². The second-order valence-corrected chi connectivity index (χ2v) is 5.03. The van der Waals surface area contributed by atoms with Gasteiger partial charge >= 0.3 is 0 Å². The summed E-state index contributed by atoms with van der Waals surface area (Å²) < 4.78 is 0. The van der Waals surface area contributed by atoms with Crippen molar-refractivity contribution in [2.75, 3.05) is 19.6 Å². The maximum absolute atomic E-state index is 3.67. The first-order valence-electron chi connectivity index (χ1n) is 6.33. The molecule has 2 atom stereocenters. The zero-order chi connectivity index (χ0) is 9.80. The molecule has 0 bridgehead atoms. The third-order valence-electron chi connectivity index (χ3n) is 3.71. The van der Waals surface area contributed by atoms with Gasteiger partial charge in [0.05, 0.1) is 0 Å². The van der Waals surface area contributed by atoms with Gasteiger partial charge in [-0.25, -0.2) is 0 Å². The molecule has 0 aromatic rings. The van der Waals surface area contributed by atoms with E-state index in [9.17, 15) is 0 Å². The largest absolute Gasteiger partial charge is 0.311 e.